The van der Waals surface area contributed by atoms with E-state index in [1.807, 2.05) is 39.1 Å². The highest BCUT2D eigenvalue weighted by atomic mass is 127. The summed E-state index contributed by atoms with van der Waals surface area (Å²) in [7, 11) is 1.83. The second kappa shape index (κ2) is 10.4. The number of carbonyl (C=O) groups excluding carboxylic acids is 1. The number of benzene rings is 1. The zero-order chi connectivity index (χ0) is 19.3. The monoisotopic (exact) mass is 500 g/mol. The van der Waals surface area contributed by atoms with Gasteiger partial charge in [-0.15, -0.1) is 24.0 Å². The summed E-state index contributed by atoms with van der Waals surface area (Å²) in [5.41, 5.74) is 2.29. The highest BCUT2D eigenvalue weighted by molar-refractivity contribution is 14.0. The molecule has 2 aliphatic rings. The predicted octanol–water partition coefficient (Wildman–Crippen LogP) is 3.48. The molecule has 0 bridgehead atoms. The van der Waals surface area contributed by atoms with E-state index in [9.17, 15) is 4.79 Å². The third-order valence-electron chi connectivity index (χ3n) is 5.39. The molecular weight excluding hydrogens is 467 g/mol. The maximum absolute atomic E-state index is 12.0. The van der Waals surface area contributed by atoms with Crippen LogP contribution in [-0.2, 0) is 16.1 Å². The van der Waals surface area contributed by atoms with Crippen LogP contribution in [0.5, 0.6) is 0 Å². The lowest BCUT2D eigenvalue weighted by molar-refractivity contribution is -0.116. The maximum Gasteiger partial charge on any atom is 0.224 e. The Morgan fingerprint density at radius 3 is 2.86 bits per heavy atom. The number of halogens is 1. The van der Waals surface area contributed by atoms with Crippen molar-refractivity contribution in [3.8, 4) is 0 Å². The Morgan fingerprint density at radius 1 is 1.36 bits per heavy atom. The number of amides is 1. The summed E-state index contributed by atoms with van der Waals surface area (Å²) in [6.07, 6.45) is 2.86. The molecule has 156 valence electrons. The van der Waals surface area contributed by atoms with Crippen LogP contribution in [-0.4, -0.2) is 50.1 Å². The van der Waals surface area contributed by atoms with Gasteiger partial charge in [-0.3, -0.25) is 9.79 Å². The van der Waals surface area contributed by atoms with E-state index in [-0.39, 0.29) is 29.9 Å². The fraction of sp³-hybridized carbons (Fsp3) is 0.619. The van der Waals surface area contributed by atoms with Gasteiger partial charge in [-0.05, 0) is 36.5 Å². The lowest BCUT2D eigenvalue weighted by Crippen LogP contribution is -2.41. The number of rotatable bonds is 5. The van der Waals surface area contributed by atoms with Crippen LogP contribution in [0.4, 0.5) is 5.69 Å². The molecule has 2 saturated heterocycles. The summed E-state index contributed by atoms with van der Waals surface area (Å²) in [5.74, 6) is 1.35. The minimum absolute atomic E-state index is 0. The maximum atomic E-state index is 12.0. The summed E-state index contributed by atoms with van der Waals surface area (Å²) in [5, 5.41) is 6.45. The smallest absolute Gasteiger partial charge is 0.224 e. The molecule has 0 saturated carbocycles. The molecule has 2 aliphatic heterocycles. The Kier molecular flexibility index (Phi) is 8.55. The summed E-state index contributed by atoms with van der Waals surface area (Å²) >= 11 is 0. The molecule has 1 spiro atoms. The number of guanidine groups is 1. The zero-order valence-corrected chi connectivity index (χ0v) is 19.5. The van der Waals surface area contributed by atoms with E-state index >= 15 is 0 Å². The largest absolute Gasteiger partial charge is 0.381 e. The Bertz CT molecular complexity index is 687. The van der Waals surface area contributed by atoms with Crippen molar-refractivity contribution in [3.63, 3.8) is 0 Å². The van der Waals surface area contributed by atoms with Gasteiger partial charge in [0.25, 0.3) is 0 Å². The Morgan fingerprint density at radius 2 is 2.18 bits per heavy atom. The van der Waals surface area contributed by atoms with E-state index in [1.54, 1.807) is 0 Å². The number of carbonyl (C=O) groups is 1. The first kappa shape index (κ1) is 22.9. The topological polar surface area (TPSA) is 66.0 Å². The zero-order valence-electron chi connectivity index (χ0n) is 17.2. The molecule has 3 rings (SSSR count). The minimum Gasteiger partial charge on any atom is -0.381 e. The molecule has 0 aliphatic carbocycles. The quantitative estimate of drug-likeness (QED) is 0.369. The first-order valence-electron chi connectivity index (χ1n) is 9.92. The average molecular weight is 500 g/mol. The molecular formula is C21H33IN4O2. The third-order valence-corrected chi connectivity index (χ3v) is 5.39. The molecule has 1 aromatic carbocycles. The van der Waals surface area contributed by atoms with Gasteiger partial charge >= 0.3 is 0 Å². The molecule has 0 radical (unpaired) electrons. The van der Waals surface area contributed by atoms with E-state index in [1.165, 1.54) is 6.42 Å². The first-order chi connectivity index (χ1) is 13.0. The molecule has 2 heterocycles. The Hall–Kier alpha value is -1.35. The second-order valence-electron chi connectivity index (χ2n) is 8.22. The highest BCUT2D eigenvalue weighted by Crippen LogP contribution is 2.38. The van der Waals surface area contributed by atoms with Gasteiger partial charge in [0.05, 0.1) is 6.61 Å². The molecule has 7 heteroatoms. The number of hydrogen-bond donors (Lipinski definition) is 2. The van der Waals surface area contributed by atoms with Crippen LogP contribution in [0.3, 0.4) is 0 Å². The van der Waals surface area contributed by atoms with Crippen molar-refractivity contribution in [3.05, 3.63) is 29.8 Å². The average Bonchev–Trinajstić information content (AvgIpc) is 3.25. The molecule has 1 aromatic rings. The number of nitrogens with zero attached hydrogens (tertiary/aromatic N) is 2. The van der Waals surface area contributed by atoms with Crippen LogP contribution < -0.4 is 10.6 Å². The van der Waals surface area contributed by atoms with Gasteiger partial charge < -0.3 is 20.3 Å². The molecule has 6 nitrogen and oxygen atoms in total. The minimum atomic E-state index is 0. The van der Waals surface area contributed by atoms with Crippen molar-refractivity contribution in [2.45, 2.75) is 39.7 Å². The number of hydrogen-bond acceptors (Lipinski definition) is 3. The van der Waals surface area contributed by atoms with Crippen molar-refractivity contribution >= 4 is 41.5 Å². The van der Waals surface area contributed by atoms with E-state index in [0.29, 0.717) is 24.3 Å². The summed E-state index contributed by atoms with van der Waals surface area (Å²) in [4.78, 5) is 18.8. The van der Waals surface area contributed by atoms with Crippen LogP contribution in [0.25, 0.3) is 0 Å². The lowest BCUT2D eigenvalue weighted by atomic mass is 9.87. The number of likely N-dealkylation sites (tertiary alicyclic amines) is 1. The van der Waals surface area contributed by atoms with Crippen molar-refractivity contribution in [1.29, 1.82) is 0 Å². The van der Waals surface area contributed by atoms with Crippen molar-refractivity contribution in [2.75, 3.05) is 38.7 Å². The van der Waals surface area contributed by atoms with Gasteiger partial charge in [-0.25, -0.2) is 0 Å². The van der Waals surface area contributed by atoms with Gasteiger partial charge in [-0.2, -0.15) is 0 Å². The highest BCUT2D eigenvalue weighted by Gasteiger charge is 2.42. The number of nitrogens with one attached hydrogen (secondary N) is 2. The van der Waals surface area contributed by atoms with Gasteiger partial charge in [-0.1, -0.05) is 26.0 Å². The van der Waals surface area contributed by atoms with E-state index < -0.39 is 0 Å². The summed E-state index contributed by atoms with van der Waals surface area (Å²) in [6.45, 7) is 8.57. The van der Waals surface area contributed by atoms with E-state index in [2.05, 4.69) is 26.6 Å². The normalized spacial score (nSPS) is 21.9. The van der Waals surface area contributed by atoms with Crippen LogP contribution in [0, 0.1) is 11.3 Å². The van der Waals surface area contributed by atoms with Crippen LogP contribution in [0.1, 0.15) is 38.7 Å². The predicted molar refractivity (Wildman–Crippen MR) is 124 cm³/mol. The fourth-order valence-electron chi connectivity index (χ4n) is 3.94. The summed E-state index contributed by atoms with van der Waals surface area (Å²) in [6, 6.07) is 8.00. The molecule has 28 heavy (non-hydrogen) atoms. The van der Waals surface area contributed by atoms with Crippen molar-refractivity contribution in [2.24, 2.45) is 16.3 Å². The molecule has 1 unspecified atom stereocenters. The second-order valence-corrected chi connectivity index (χ2v) is 8.22. The lowest BCUT2D eigenvalue weighted by Gasteiger charge is -2.25. The number of ether oxygens (including phenoxy) is 1. The third kappa shape index (κ3) is 6.07. The number of anilines is 1. The van der Waals surface area contributed by atoms with Gasteiger partial charge in [0, 0.05) is 50.8 Å². The van der Waals surface area contributed by atoms with Crippen LogP contribution >= 0.6 is 24.0 Å². The van der Waals surface area contributed by atoms with Crippen molar-refractivity contribution < 1.29 is 9.53 Å². The molecule has 1 atom stereocenters. The van der Waals surface area contributed by atoms with Crippen molar-refractivity contribution in [1.82, 2.24) is 10.2 Å². The first-order valence-corrected chi connectivity index (χ1v) is 9.92. The van der Waals surface area contributed by atoms with Gasteiger partial charge in [0.1, 0.15) is 0 Å². The Balaban J connectivity index is 0.00000280. The Labute approximate surface area is 185 Å². The summed E-state index contributed by atoms with van der Waals surface area (Å²) < 4.78 is 5.62. The molecule has 2 fully saturated rings. The van der Waals surface area contributed by atoms with E-state index in [4.69, 9.17) is 4.74 Å². The molecule has 0 aromatic heterocycles. The standard InChI is InChI=1S/C21H32N4O2.HI/c1-16(2)11-19(26)24-18-6-4-5-17(12-18)13-23-20(22-3)25-9-7-21(14-25)8-10-27-15-21;/h4-6,12,16H,7-11,13-15H2,1-3H3,(H,22,23)(H,24,26);1H. The van der Waals surface area contributed by atoms with Crippen LogP contribution in [0.15, 0.2) is 29.3 Å². The van der Waals surface area contributed by atoms with Crippen LogP contribution in [0.2, 0.25) is 0 Å². The fourth-order valence-corrected chi connectivity index (χ4v) is 3.94. The molecule has 2 N–H and O–H groups in total. The van der Waals surface area contributed by atoms with Gasteiger partial charge in [0.2, 0.25) is 5.91 Å². The molecule has 1 amide bonds. The van der Waals surface area contributed by atoms with Gasteiger partial charge in [0.15, 0.2) is 5.96 Å². The van der Waals surface area contributed by atoms with E-state index in [0.717, 1.165) is 49.9 Å². The number of aliphatic imine (C=N–C) groups is 1. The SMILES string of the molecule is CN=C(NCc1cccc(NC(=O)CC(C)C)c1)N1CCC2(CCOC2)C1.I.